The number of methoxy groups -OCH3 is 1. The van der Waals surface area contributed by atoms with Gasteiger partial charge in [-0.05, 0) is 18.9 Å². The highest BCUT2D eigenvalue weighted by Crippen LogP contribution is 2.04. The molecule has 4 heteroatoms. The summed E-state index contributed by atoms with van der Waals surface area (Å²) in [4.78, 5) is 10.7. The van der Waals surface area contributed by atoms with Gasteiger partial charge in [-0.15, -0.1) is 0 Å². The van der Waals surface area contributed by atoms with Crippen LogP contribution < -0.4 is 0 Å². The molecule has 0 spiro atoms. The van der Waals surface area contributed by atoms with E-state index in [9.17, 15) is 4.79 Å². The number of halogens is 1. The summed E-state index contributed by atoms with van der Waals surface area (Å²) in [6, 6.07) is 0. The van der Waals surface area contributed by atoms with Gasteiger partial charge in [0, 0.05) is 12.6 Å². The van der Waals surface area contributed by atoms with Crippen molar-refractivity contribution in [2.45, 2.75) is 19.8 Å². The van der Waals surface area contributed by atoms with Gasteiger partial charge in [0.25, 0.3) is 0 Å². The van der Waals surface area contributed by atoms with E-state index in [1.807, 2.05) is 35.9 Å². The number of nitrogens with zero attached hydrogens (tertiary/aromatic N) is 1. The van der Waals surface area contributed by atoms with Crippen LogP contribution in [0.5, 0.6) is 0 Å². The van der Waals surface area contributed by atoms with E-state index in [-0.39, 0.29) is 5.97 Å². The number of hydrogen-bond donors (Lipinski definition) is 0. The van der Waals surface area contributed by atoms with E-state index in [1.165, 1.54) is 7.11 Å². The largest absolute Gasteiger partial charge is 0.469 e. The summed E-state index contributed by atoms with van der Waals surface area (Å²) in [5.74, 6) is -0.184. The van der Waals surface area contributed by atoms with E-state index in [1.54, 1.807) is 6.21 Å². The van der Waals surface area contributed by atoms with Gasteiger partial charge in [-0.25, -0.2) is 3.21 Å². The molecule has 68 valence electrons. The van der Waals surface area contributed by atoms with Gasteiger partial charge in [-0.2, -0.15) is 0 Å². The fourth-order valence-electron chi connectivity index (χ4n) is 0.695. The van der Waals surface area contributed by atoms with Crippen molar-refractivity contribution in [3.05, 3.63) is 11.6 Å². The van der Waals surface area contributed by atoms with Crippen molar-refractivity contribution in [1.29, 1.82) is 0 Å². The Morgan fingerprint density at radius 1 is 1.58 bits per heavy atom. The van der Waals surface area contributed by atoms with Crippen molar-refractivity contribution in [1.82, 2.24) is 0 Å². The van der Waals surface area contributed by atoms with Crippen molar-refractivity contribution < 1.29 is 9.53 Å². The van der Waals surface area contributed by atoms with Crippen molar-refractivity contribution in [2.75, 3.05) is 7.11 Å². The molecule has 0 unspecified atom stereocenters. The van der Waals surface area contributed by atoms with Crippen LogP contribution >= 0.6 is 22.9 Å². The minimum absolute atomic E-state index is 0.184. The predicted octanol–water partition coefficient (Wildman–Crippen LogP) is 2.31. The zero-order valence-electron chi connectivity index (χ0n) is 7.21. The molecule has 3 nitrogen and oxygen atoms in total. The SMILES string of the molecule is C/C=C(\C=N/I)CCC(=O)OC. The Labute approximate surface area is 86.4 Å². The second kappa shape index (κ2) is 7.27. The third-order valence-corrected chi connectivity index (χ3v) is 1.71. The van der Waals surface area contributed by atoms with Crippen LogP contribution in [-0.2, 0) is 9.53 Å². The number of carbonyl (C=O) groups excluding carboxylic acids is 1. The fourth-order valence-corrected chi connectivity index (χ4v) is 1.05. The molecular weight excluding hydrogens is 269 g/mol. The highest BCUT2D eigenvalue weighted by molar-refractivity contribution is 14.1. The van der Waals surface area contributed by atoms with E-state index in [0.717, 1.165) is 5.57 Å². The molecule has 0 aromatic rings. The maximum absolute atomic E-state index is 10.7. The van der Waals surface area contributed by atoms with Crippen molar-refractivity contribution in [2.24, 2.45) is 3.21 Å². The fraction of sp³-hybridized carbons (Fsp3) is 0.500. The van der Waals surface area contributed by atoms with Crippen LogP contribution in [0, 0.1) is 0 Å². The molecule has 0 saturated heterocycles. The summed E-state index contributed by atoms with van der Waals surface area (Å²) in [5.41, 5.74) is 1.05. The second-order valence-corrected chi connectivity index (χ2v) is 2.72. The first-order valence-electron chi connectivity index (χ1n) is 3.61. The van der Waals surface area contributed by atoms with Crippen molar-refractivity contribution >= 4 is 35.0 Å². The molecule has 0 aromatic carbocycles. The minimum atomic E-state index is -0.184. The first-order chi connectivity index (χ1) is 5.74. The van der Waals surface area contributed by atoms with Crippen LogP contribution in [0.3, 0.4) is 0 Å². The Morgan fingerprint density at radius 2 is 2.25 bits per heavy atom. The van der Waals surface area contributed by atoms with Crippen molar-refractivity contribution in [3.8, 4) is 0 Å². The minimum Gasteiger partial charge on any atom is -0.469 e. The van der Waals surface area contributed by atoms with Gasteiger partial charge in [0.05, 0.1) is 30.0 Å². The van der Waals surface area contributed by atoms with Crippen LogP contribution in [0.15, 0.2) is 14.9 Å². The molecule has 0 aromatic heterocycles. The zero-order chi connectivity index (χ0) is 9.40. The van der Waals surface area contributed by atoms with Gasteiger partial charge in [0.1, 0.15) is 0 Å². The summed E-state index contributed by atoms with van der Waals surface area (Å²) in [7, 11) is 1.39. The Hall–Kier alpha value is -0.390. The van der Waals surface area contributed by atoms with E-state index < -0.39 is 0 Å². The molecule has 0 atom stereocenters. The Bertz CT molecular complexity index is 199. The smallest absolute Gasteiger partial charge is 0.305 e. The molecule has 0 aliphatic heterocycles. The summed E-state index contributed by atoms with van der Waals surface area (Å²) < 4.78 is 8.35. The van der Waals surface area contributed by atoms with E-state index in [0.29, 0.717) is 12.8 Å². The maximum atomic E-state index is 10.7. The molecule has 0 bridgehead atoms. The van der Waals surface area contributed by atoms with Crippen molar-refractivity contribution in [3.63, 3.8) is 0 Å². The quantitative estimate of drug-likeness (QED) is 0.450. The summed E-state index contributed by atoms with van der Waals surface area (Å²) in [6.45, 7) is 1.92. The molecule has 0 fully saturated rings. The Kier molecular flexibility index (Phi) is 7.03. The van der Waals surface area contributed by atoms with E-state index in [2.05, 4.69) is 7.94 Å². The molecule has 0 saturated carbocycles. The number of hydrogen-bond acceptors (Lipinski definition) is 3. The average molecular weight is 281 g/mol. The topological polar surface area (TPSA) is 38.7 Å². The van der Waals surface area contributed by atoms with E-state index >= 15 is 0 Å². The van der Waals surface area contributed by atoms with E-state index in [4.69, 9.17) is 0 Å². The molecule has 0 N–H and O–H groups in total. The van der Waals surface area contributed by atoms with Crippen LogP contribution in [0.2, 0.25) is 0 Å². The standard InChI is InChI=1S/C8H12INO2/c1-3-7(6-10-9)4-5-8(11)12-2/h3,6H,4-5H2,1-2H3/b7-3-,10-6-. The number of ether oxygens (including phenoxy) is 1. The second-order valence-electron chi connectivity index (χ2n) is 2.17. The summed E-state index contributed by atoms with van der Waals surface area (Å²) >= 11 is 1.90. The highest BCUT2D eigenvalue weighted by Gasteiger charge is 2.00. The normalized spacial score (nSPS) is 12.1. The van der Waals surface area contributed by atoms with Crippen LogP contribution in [0.1, 0.15) is 19.8 Å². The first-order valence-corrected chi connectivity index (χ1v) is 4.57. The molecular formula is C8H12INO2. The molecule has 0 rings (SSSR count). The maximum Gasteiger partial charge on any atom is 0.305 e. The molecule has 0 amide bonds. The lowest BCUT2D eigenvalue weighted by Crippen LogP contribution is -2.00. The lowest BCUT2D eigenvalue weighted by atomic mass is 10.1. The molecule has 12 heavy (non-hydrogen) atoms. The summed E-state index contributed by atoms with van der Waals surface area (Å²) in [6.07, 6.45) is 4.78. The number of esters is 1. The molecule has 0 heterocycles. The number of allylic oxidation sites excluding steroid dienone is 2. The van der Waals surface area contributed by atoms with Crippen LogP contribution in [0.4, 0.5) is 0 Å². The van der Waals surface area contributed by atoms with Gasteiger partial charge < -0.3 is 4.74 Å². The van der Waals surface area contributed by atoms with Gasteiger partial charge in [0.2, 0.25) is 0 Å². The third kappa shape index (κ3) is 5.29. The highest BCUT2D eigenvalue weighted by atomic mass is 127. The summed E-state index contributed by atoms with van der Waals surface area (Å²) in [5, 5.41) is 0. The van der Waals surface area contributed by atoms with Crippen LogP contribution in [0.25, 0.3) is 0 Å². The molecule has 0 aliphatic rings. The van der Waals surface area contributed by atoms with Gasteiger partial charge >= 0.3 is 5.97 Å². The lowest BCUT2D eigenvalue weighted by molar-refractivity contribution is -0.140. The number of rotatable bonds is 4. The van der Waals surface area contributed by atoms with Gasteiger partial charge in [0.15, 0.2) is 0 Å². The predicted molar refractivity (Wildman–Crippen MR) is 57.5 cm³/mol. The zero-order valence-corrected chi connectivity index (χ0v) is 9.37. The average Bonchev–Trinajstić information content (AvgIpc) is 2.11. The van der Waals surface area contributed by atoms with Gasteiger partial charge in [-0.1, -0.05) is 6.08 Å². The Balaban J connectivity index is 3.82. The lowest BCUT2D eigenvalue weighted by Gasteiger charge is -1.98. The first kappa shape index (κ1) is 11.6. The monoisotopic (exact) mass is 281 g/mol. The Morgan fingerprint density at radius 3 is 2.67 bits per heavy atom. The molecule has 0 radical (unpaired) electrons. The third-order valence-electron chi connectivity index (χ3n) is 1.43. The van der Waals surface area contributed by atoms with Gasteiger partial charge in [-0.3, -0.25) is 4.79 Å². The molecule has 0 aliphatic carbocycles. The van der Waals surface area contributed by atoms with Crippen LogP contribution in [-0.4, -0.2) is 19.3 Å². The number of carbonyl (C=O) groups is 1.